The van der Waals surface area contributed by atoms with Crippen LogP contribution in [0, 0.1) is 0 Å². The molecule has 1 aliphatic heterocycles. The van der Waals surface area contributed by atoms with Gasteiger partial charge in [0, 0.05) is 23.6 Å². The van der Waals surface area contributed by atoms with Gasteiger partial charge in [-0.25, -0.2) is 4.79 Å². The lowest BCUT2D eigenvalue weighted by Crippen LogP contribution is -2.57. The number of benzene rings is 1. The topological polar surface area (TPSA) is 65.6 Å². The first kappa shape index (κ1) is 15.5. The highest BCUT2D eigenvalue weighted by Crippen LogP contribution is 2.46. The normalized spacial score (nSPS) is 26.2. The van der Waals surface area contributed by atoms with E-state index in [2.05, 4.69) is 11.1 Å². The Balaban J connectivity index is 1.55. The van der Waals surface area contributed by atoms with E-state index in [1.807, 2.05) is 24.4 Å². The lowest BCUT2D eigenvalue weighted by Gasteiger charge is -2.42. The van der Waals surface area contributed by atoms with Crippen LogP contribution in [0.4, 0.5) is 4.79 Å². The molecule has 1 aromatic carbocycles. The number of H-pyrrole nitrogens is 1. The second-order valence-corrected chi connectivity index (χ2v) is 7.20. The summed E-state index contributed by atoms with van der Waals surface area (Å²) in [4.78, 5) is 17.2. The zero-order valence-electron chi connectivity index (χ0n) is 14.0. The van der Waals surface area contributed by atoms with Crippen molar-refractivity contribution in [1.82, 2.24) is 9.88 Å². The van der Waals surface area contributed by atoms with Gasteiger partial charge >= 0.3 is 6.09 Å². The molecule has 2 aromatic rings. The third-order valence-corrected chi connectivity index (χ3v) is 5.83. The number of aliphatic hydroxyl groups is 1. The van der Waals surface area contributed by atoms with Crippen LogP contribution in [0.2, 0.25) is 0 Å². The van der Waals surface area contributed by atoms with E-state index < -0.39 is 11.3 Å². The average Bonchev–Trinajstić information content (AvgIpc) is 3.05. The van der Waals surface area contributed by atoms with Crippen LogP contribution in [-0.2, 0) is 11.2 Å². The largest absolute Gasteiger partial charge is 0.438 e. The first-order valence-corrected chi connectivity index (χ1v) is 8.81. The highest BCUT2D eigenvalue weighted by molar-refractivity contribution is 5.83. The van der Waals surface area contributed by atoms with Gasteiger partial charge in [-0.2, -0.15) is 0 Å². The molecule has 5 heteroatoms. The Morgan fingerprint density at radius 3 is 2.79 bits per heavy atom. The molecule has 1 aromatic heterocycles. The minimum atomic E-state index is -1.24. The summed E-state index contributed by atoms with van der Waals surface area (Å²) in [5, 5.41) is 12.3. The smallest absolute Gasteiger partial charge is 0.412 e. The predicted molar refractivity (Wildman–Crippen MR) is 91.6 cm³/mol. The number of para-hydroxylation sites is 1. The molecular weight excluding hydrogens is 304 g/mol. The summed E-state index contributed by atoms with van der Waals surface area (Å²) in [6.07, 6.45) is 6.92. The summed E-state index contributed by atoms with van der Waals surface area (Å²) in [6.45, 7) is 2.19. The molecule has 1 saturated carbocycles. The minimum absolute atomic E-state index is 0.387. The Labute approximate surface area is 141 Å². The van der Waals surface area contributed by atoms with Crippen molar-refractivity contribution in [1.29, 1.82) is 0 Å². The fraction of sp³-hybridized carbons (Fsp3) is 0.526. The molecule has 2 aliphatic rings. The highest BCUT2D eigenvalue weighted by Gasteiger charge is 2.61. The number of amides is 1. The van der Waals surface area contributed by atoms with Crippen molar-refractivity contribution in [2.45, 2.75) is 56.8 Å². The van der Waals surface area contributed by atoms with E-state index in [1.165, 1.54) is 4.90 Å². The molecule has 2 N–H and O–H groups in total. The molecule has 1 amide bonds. The third-order valence-electron chi connectivity index (χ3n) is 5.83. The average molecular weight is 328 g/mol. The summed E-state index contributed by atoms with van der Waals surface area (Å²) < 4.78 is 5.70. The first-order chi connectivity index (χ1) is 11.5. The summed E-state index contributed by atoms with van der Waals surface area (Å²) >= 11 is 0. The van der Waals surface area contributed by atoms with Gasteiger partial charge in [0.15, 0.2) is 11.3 Å². The van der Waals surface area contributed by atoms with E-state index in [-0.39, 0.29) is 6.09 Å². The van der Waals surface area contributed by atoms with Crippen molar-refractivity contribution in [3.63, 3.8) is 0 Å². The molecule has 0 unspecified atom stereocenters. The van der Waals surface area contributed by atoms with Gasteiger partial charge in [0.05, 0.1) is 0 Å². The van der Waals surface area contributed by atoms with Crippen LogP contribution in [0.5, 0.6) is 0 Å². The van der Waals surface area contributed by atoms with E-state index in [0.717, 1.165) is 48.6 Å². The molecule has 2 fully saturated rings. The number of ether oxygens (including phenoxy) is 1. The predicted octanol–water partition coefficient (Wildman–Crippen LogP) is 3.57. The van der Waals surface area contributed by atoms with Crippen LogP contribution in [0.25, 0.3) is 10.9 Å². The molecule has 24 heavy (non-hydrogen) atoms. The molecule has 4 rings (SSSR count). The van der Waals surface area contributed by atoms with Crippen molar-refractivity contribution in [2.75, 3.05) is 6.54 Å². The number of rotatable bonds is 3. The van der Waals surface area contributed by atoms with Gasteiger partial charge in [-0.05, 0) is 50.7 Å². The first-order valence-electron chi connectivity index (χ1n) is 8.81. The number of hydrogen-bond donors (Lipinski definition) is 2. The molecule has 1 atom stereocenters. The van der Waals surface area contributed by atoms with Crippen LogP contribution in [-0.4, -0.2) is 39.0 Å². The molecule has 1 aliphatic carbocycles. The summed E-state index contributed by atoms with van der Waals surface area (Å²) in [5.74, 6) is 0. The van der Waals surface area contributed by atoms with Crippen molar-refractivity contribution in [3.8, 4) is 0 Å². The minimum Gasteiger partial charge on any atom is -0.438 e. The Bertz CT molecular complexity index is 759. The Hall–Kier alpha value is -2.01. The lowest BCUT2D eigenvalue weighted by molar-refractivity contribution is -0.158. The van der Waals surface area contributed by atoms with E-state index in [9.17, 15) is 9.90 Å². The fourth-order valence-corrected chi connectivity index (χ4v) is 4.32. The Morgan fingerprint density at radius 2 is 2.00 bits per heavy atom. The maximum Gasteiger partial charge on any atom is 0.412 e. The van der Waals surface area contributed by atoms with Gasteiger partial charge in [-0.3, -0.25) is 4.90 Å². The maximum atomic E-state index is 12.4. The van der Waals surface area contributed by atoms with Gasteiger partial charge in [-0.15, -0.1) is 0 Å². The summed E-state index contributed by atoms with van der Waals surface area (Å²) in [5.41, 5.74) is 0.268. The highest BCUT2D eigenvalue weighted by atomic mass is 16.6. The quantitative estimate of drug-likeness (QED) is 0.905. The van der Waals surface area contributed by atoms with Crippen molar-refractivity contribution < 1.29 is 14.6 Å². The number of nitrogens with one attached hydrogen (secondary N) is 1. The lowest BCUT2D eigenvalue weighted by atomic mass is 9.77. The van der Waals surface area contributed by atoms with Crippen LogP contribution in [0.15, 0.2) is 30.5 Å². The van der Waals surface area contributed by atoms with Gasteiger partial charge in [0.2, 0.25) is 0 Å². The maximum absolute atomic E-state index is 12.4. The molecular formula is C19H24N2O3. The standard InChI is InChI=1S/C19H24N2O3/c1-18(23)19(10-5-2-6-11-19)24-17(22)21(18)12-9-14-13-20-16-8-4-3-7-15(14)16/h3-4,7-8,13,20,23H,2,5-6,9-12H2,1H3/t18-/m0/s1. The number of nitrogens with zero attached hydrogens (tertiary/aromatic N) is 1. The van der Waals surface area contributed by atoms with Crippen LogP contribution >= 0.6 is 0 Å². The number of carbonyl (C=O) groups excluding carboxylic acids is 1. The van der Waals surface area contributed by atoms with Crippen molar-refractivity contribution in [2.24, 2.45) is 0 Å². The molecule has 5 nitrogen and oxygen atoms in total. The van der Waals surface area contributed by atoms with Crippen LogP contribution in [0.1, 0.15) is 44.6 Å². The number of fused-ring (bicyclic) bond motifs is 1. The van der Waals surface area contributed by atoms with E-state index >= 15 is 0 Å². The molecule has 2 heterocycles. The van der Waals surface area contributed by atoms with Crippen LogP contribution in [0.3, 0.4) is 0 Å². The fourth-order valence-electron chi connectivity index (χ4n) is 4.32. The molecule has 0 radical (unpaired) electrons. The summed E-state index contributed by atoms with van der Waals surface area (Å²) in [7, 11) is 0. The molecule has 1 spiro atoms. The van der Waals surface area contributed by atoms with Gasteiger partial charge in [0.25, 0.3) is 0 Å². The van der Waals surface area contributed by atoms with E-state index in [4.69, 9.17) is 4.74 Å². The SMILES string of the molecule is C[C@@]1(O)N(CCc2c[nH]c3ccccc23)C(=O)OC12CCCCC2. The number of hydrogen-bond acceptors (Lipinski definition) is 3. The number of aromatic amines is 1. The van der Waals surface area contributed by atoms with Gasteiger partial charge in [0.1, 0.15) is 0 Å². The second kappa shape index (κ2) is 5.52. The molecule has 1 saturated heterocycles. The van der Waals surface area contributed by atoms with Crippen LogP contribution < -0.4 is 0 Å². The van der Waals surface area contributed by atoms with Gasteiger partial charge in [-0.1, -0.05) is 24.6 Å². The van der Waals surface area contributed by atoms with Crippen molar-refractivity contribution in [3.05, 3.63) is 36.0 Å². The van der Waals surface area contributed by atoms with Crippen molar-refractivity contribution >= 4 is 17.0 Å². The monoisotopic (exact) mass is 328 g/mol. The van der Waals surface area contributed by atoms with Gasteiger partial charge < -0.3 is 14.8 Å². The zero-order valence-corrected chi connectivity index (χ0v) is 14.0. The van der Waals surface area contributed by atoms with E-state index in [0.29, 0.717) is 13.0 Å². The number of carbonyl (C=O) groups is 1. The zero-order chi connectivity index (χ0) is 16.8. The second-order valence-electron chi connectivity index (χ2n) is 7.20. The molecule has 0 bridgehead atoms. The summed E-state index contributed by atoms with van der Waals surface area (Å²) in [6, 6.07) is 8.12. The number of aromatic nitrogens is 1. The Kier molecular flexibility index (Phi) is 3.57. The Morgan fingerprint density at radius 1 is 1.25 bits per heavy atom. The third kappa shape index (κ3) is 2.22. The van der Waals surface area contributed by atoms with E-state index in [1.54, 1.807) is 6.92 Å². The molecule has 128 valence electrons.